The lowest BCUT2D eigenvalue weighted by Crippen LogP contribution is -2.48. The van der Waals surface area contributed by atoms with Crippen LogP contribution < -0.4 is 10.1 Å². The topological polar surface area (TPSA) is 58.6 Å². The van der Waals surface area contributed by atoms with Gasteiger partial charge in [0.1, 0.15) is 11.3 Å². The Balaban J connectivity index is 2.63. The van der Waals surface area contributed by atoms with Crippen molar-refractivity contribution in [2.45, 2.75) is 32.4 Å². The summed E-state index contributed by atoms with van der Waals surface area (Å²) in [5.41, 5.74) is 0.159. The first-order chi connectivity index (χ1) is 8.01. The van der Waals surface area contributed by atoms with Gasteiger partial charge in [0.15, 0.2) is 0 Å². The van der Waals surface area contributed by atoms with Crippen molar-refractivity contribution in [1.29, 1.82) is 0 Å². The smallest absolute Gasteiger partial charge is 0.323 e. The fourth-order valence-electron chi connectivity index (χ4n) is 1.39. The van der Waals surface area contributed by atoms with E-state index in [1.165, 1.54) is 0 Å². The van der Waals surface area contributed by atoms with Crippen LogP contribution in [0.3, 0.4) is 0 Å². The average molecular weight is 237 g/mol. The Hall–Kier alpha value is -1.55. The van der Waals surface area contributed by atoms with Gasteiger partial charge in [0.05, 0.1) is 7.11 Å². The first-order valence-corrected chi connectivity index (χ1v) is 5.63. The van der Waals surface area contributed by atoms with Gasteiger partial charge in [-0.15, -0.1) is 0 Å². The third-order valence-electron chi connectivity index (χ3n) is 3.02. The van der Waals surface area contributed by atoms with Crippen LogP contribution in [0.2, 0.25) is 0 Å². The lowest BCUT2D eigenvalue weighted by atomic mass is 9.99. The van der Waals surface area contributed by atoms with Crippen molar-refractivity contribution >= 4 is 5.97 Å². The molecule has 1 atom stereocenters. The van der Waals surface area contributed by atoms with E-state index in [1.807, 2.05) is 31.2 Å². The third kappa shape index (κ3) is 3.46. The number of carbonyl (C=O) groups is 1. The average Bonchev–Trinajstić information content (AvgIpc) is 2.36. The molecule has 4 heteroatoms. The zero-order valence-corrected chi connectivity index (χ0v) is 10.5. The first kappa shape index (κ1) is 13.5. The molecule has 0 saturated carbocycles. The molecule has 0 radical (unpaired) electrons. The summed E-state index contributed by atoms with van der Waals surface area (Å²) in [6, 6.07) is 7.57. The number of aliphatic carboxylic acids is 1. The van der Waals surface area contributed by atoms with E-state index in [-0.39, 0.29) is 0 Å². The molecule has 0 aromatic heterocycles. The fraction of sp³-hybridized carbons (Fsp3) is 0.462. The van der Waals surface area contributed by atoms with Crippen LogP contribution in [0.1, 0.15) is 25.8 Å². The summed E-state index contributed by atoms with van der Waals surface area (Å²) >= 11 is 0. The Labute approximate surface area is 102 Å². The predicted octanol–water partition coefficient (Wildman–Crippen LogP) is 2.04. The number of nitrogens with one attached hydrogen (secondary N) is 1. The van der Waals surface area contributed by atoms with Crippen molar-refractivity contribution in [1.82, 2.24) is 5.32 Å². The van der Waals surface area contributed by atoms with Gasteiger partial charge in [-0.2, -0.15) is 0 Å². The van der Waals surface area contributed by atoms with Gasteiger partial charge in [0.25, 0.3) is 0 Å². The monoisotopic (exact) mass is 237 g/mol. The number of ether oxygens (including phenoxy) is 1. The molecule has 0 fully saturated rings. The van der Waals surface area contributed by atoms with E-state index < -0.39 is 11.5 Å². The molecule has 1 rings (SSSR count). The summed E-state index contributed by atoms with van der Waals surface area (Å²) in [6.07, 6.45) is 0.540. The maximum atomic E-state index is 11.1. The van der Waals surface area contributed by atoms with Crippen LogP contribution in [-0.2, 0) is 11.3 Å². The molecule has 0 heterocycles. The molecule has 1 aromatic carbocycles. The second-order valence-electron chi connectivity index (χ2n) is 4.19. The van der Waals surface area contributed by atoms with Crippen molar-refractivity contribution in [2.75, 3.05) is 7.11 Å². The Kier molecular flexibility index (Phi) is 4.52. The second-order valence-corrected chi connectivity index (χ2v) is 4.19. The molecular weight excluding hydrogens is 218 g/mol. The summed E-state index contributed by atoms with van der Waals surface area (Å²) in [5.74, 6) is -0.0289. The van der Waals surface area contributed by atoms with Gasteiger partial charge in [-0.25, -0.2) is 0 Å². The number of benzene rings is 1. The third-order valence-corrected chi connectivity index (χ3v) is 3.02. The van der Waals surface area contributed by atoms with Crippen LogP contribution in [0.25, 0.3) is 0 Å². The Bertz CT molecular complexity index is 375. The molecule has 0 aliphatic rings. The zero-order chi connectivity index (χ0) is 12.9. The molecule has 0 bridgehead atoms. The van der Waals surface area contributed by atoms with Gasteiger partial charge < -0.3 is 9.84 Å². The predicted molar refractivity (Wildman–Crippen MR) is 66.2 cm³/mol. The minimum Gasteiger partial charge on any atom is -0.497 e. The van der Waals surface area contributed by atoms with Gasteiger partial charge in [-0.3, -0.25) is 10.1 Å². The quantitative estimate of drug-likeness (QED) is 0.795. The molecule has 0 saturated heterocycles. The molecule has 4 nitrogen and oxygen atoms in total. The summed E-state index contributed by atoms with van der Waals surface area (Å²) < 4.78 is 5.06. The Morgan fingerprint density at radius 2 is 2.00 bits per heavy atom. The zero-order valence-electron chi connectivity index (χ0n) is 10.5. The summed E-state index contributed by atoms with van der Waals surface area (Å²) in [6.45, 7) is 4.08. The molecule has 1 aromatic rings. The van der Waals surface area contributed by atoms with Crippen LogP contribution in [0.5, 0.6) is 5.75 Å². The summed E-state index contributed by atoms with van der Waals surface area (Å²) in [7, 11) is 1.62. The van der Waals surface area contributed by atoms with E-state index in [2.05, 4.69) is 5.32 Å². The van der Waals surface area contributed by atoms with E-state index in [1.54, 1.807) is 14.0 Å². The highest BCUT2D eigenvalue weighted by atomic mass is 16.5. The largest absolute Gasteiger partial charge is 0.497 e. The standard InChI is InChI=1S/C13H19NO3/c1-4-13(2,12(15)16)14-9-10-5-7-11(17-3)8-6-10/h5-8,14H,4,9H2,1-3H3,(H,15,16). The van der Waals surface area contributed by atoms with Crippen LogP contribution in [0, 0.1) is 0 Å². The van der Waals surface area contributed by atoms with Crippen molar-refractivity contribution in [3.05, 3.63) is 29.8 Å². The van der Waals surface area contributed by atoms with Crippen LogP contribution >= 0.6 is 0 Å². The minimum atomic E-state index is -0.875. The normalized spacial score (nSPS) is 14.1. The summed E-state index contributed by atoms with van der Waals surface area (Å²) in [5, 5.41) is 12.2. The SMILES string of the molecule is CCC(C)(NCc1ccc(OC)cc1)C(=O)O. The number of methoxy groups -OCH3 is 1. The van der Waals surface area contributed by atoms with E-state index in [0.29, 0.717) is 13.0 Å². The van der Waals surface area contributed by atoms with Crippen molar-refractivity contribution in [2.24, 2.45) is 0 Å². The van der Waals surface area contributed by atoms with Gasteiger partial charge in [0.2, 0.25) is 0 Å². The summed E-state index contributed by atoms with van der Waals surface area (Å²) in [4.78, 5) is 11.1. The number of hydrogen-bond donors (Lipinski definition) is 2. The van der Waals surface area contributed by atoms with E-state index in [4.69, 9.17) is 9.84 Å². The molecule has 2 N–H and O–H groups in total. The molecule has 0 amide bonds. The molecule has 0 spiro atoms. The minimum absolute atomic E-state index is 0.528. The molecule has 17 heavy (non-hydrogen) atoms. The highest BCUT2D eigenvalue weighted by Crippen LogP contribution is 2.14. The lowest BCUT2D eigenvalue weighted by molar-refractivity contribution is -0.144. The molecule has 94 valence electrons. The number of hydrogen-bond acceptors (Lipinski definition) is 3. The van der Waals surface area contributed by atoms with Crippen molar-refractivity contribution in [3.8, 4) is 5.75 Å². The van der Waals surface area contributed by atoms with Crippen molar-refractivity contribution in [3.63, 3.8) is 0 Å². The van der Waals surface area contributed by atoms with Crippen LogP contribution in [0.4, 0.5) is 0 Å². The fourth-order valence-corrected chi connectivity index (χ4v) is 1.39. The van der Waals surface area contributed by atoms with E-state index in [9.17, 15) is 4.79 Å². The number of carboxylic acids is 1. The van der Waals surface area contributed by atoms with Gasteiger partial charge in [-0.1, -0.05) is 19.1 Å². The van der Waals surface area contributed by atoms with Gasteiger partial charge in [-0.05, 0) is 31.0 Å². The maximum absolute atomic E-state index is 11.1. The Morgan fingerprint density at radius 1 is 1.41 bits per heavy atom. The molecule has 0 aliphatic heterocycles. The highest BCUT2D eigenvalue weighted by Gasteiger charge is 2.29. The number of rotatable bonds is 6. The van der Waals surface area contributed by atoms with Gasteiger partial charge >= 0.3 is 5.97 Å². The maximum Gasteiger partial charge on any atom is 0.323 e. The molecule has 1 unspecified atom stereocenters. The van der Waals surface area contributed by atoms with E-state index in [0.717, 1.165) is 11.3 Å². The van der Waals surface area contributed by atoms with Crippen LogP contribution in [0.15, 0.2) is 24.3 Å². The Morgan fingerprint density at radius 3 is 2.41 bits per heavy atom. The molecule has 0 aliphatic carbocycles. The highest BCUT2D eigenvalue weighted by molar-refractivity contribution is 5.78. The van der Waals surface area contributed by atoms with Gasteiger partial charge in [0, 0.05) is 6.54 Å². The molecular formula is C13H19NO3. The lowest BCUT2D eigenvalue weighted by Gasteiger charge is -2.24. The first-order valence-electron chi connectivity index (χ1n) is 5.63. The second kappa shape index (κ2) is 5.68. The number of carboxylic acid groups (broad SMARTS) is 1. The van der Waals surface area contributed by atoms with Crippen LogP contribution in [-0.4, -0.2) is 23.7 Å². The van der Waals surface area contributed by atoms with Crippen molar-refractivity contribution < 1.29 is 14.6 Å². The van der Waals surface area contributed by atoms with E-state index >= 15 is 0 Å².